The van der Waals surface area contributed by atoms with E-state index in [4.69, 9.17) is 10.5 Å². The van der Waals surface area contributed by atoms with Crippen LogP contribution in [0.25, 0.3) is 22.4 Å². The third kappa shape index (κ3) is 2.20. The summed E-state index contributed by atoms with van der Waals surface area (Å²) in [6.07, 6.45) is 0. The number of nitrogens with one attached hydrogen (secondary N) is 1. The van der Waals surface area contributed by atoms with E-state index in [1.807, 2.05) is 13.0 Å². The fraction of sp³-hybridized carbons (Fsp3) is 0.111. The zero-order valence-corrected chi connectivity index (χ0v) is 13.5. The van der Waals surface area contributed by atoms with Gasteiger partial charge in [0.25, 0.3) is 5.56 Å². The highest BCUT2D eigenvalue weighted by molar-refractivity contribution is 5.81. The molecule has 25 heavy (non-hydrogen) atoms. The normalized spacial score (nSPS) is 11.2. The average Bonchev–Trinajstić information content (AvgIpc) is 2.88. The van der Waals surface area contributed by atoms with Crippen LogP contribution in [0, 0.1) is 0 Å². The van der Waals surface area contributed by atoms with E-state index in [1.165, 1.54) is 4.57 Å². The van der Waals surface area contributed by atoms with Gasteiger partial charge in [-0.15, -0.1) is 0 Å². The maximum absolute atomic E-state index is 13.0. The van der Waals surface area contributed by atoms with E-state index in [2.05, 4.69) is 4.98 Å². The lowest BCUT2D eigenvalue weighted by Crippen LogP contribution is -2.25. The first-order valence-electron chi connectivity index (χ1n) is 7.89. The smallest absolute Gasteiger partial charge is 0.341 e. The molecular weight excluding hydrogens is 320 g/mol. The molecular formula is C18H16N4O3. The zero-order chi connectivity index (χ0) is 17.6. The summed E-state index contributed by atoms with van der Waals surface area (Å²) < 4.78 is 7.86. The van der Waals surface area contributed by atoms with Crippen LogP contribution in [0.4, 0.5) is 5.82 Å². The minimum atomic E-state index is -0.464. The van der Waals surface area contributed by atoms with Crippen molar-refractivity contribution in [3.63, 3.8) is 0 Å². The number of H-pyrrole nitrogens is 1. The Labute approximate surface area is 142 Å². The maximum atomic E-state index is 13.0. The molecule has 0 saturated carbocycles. The van der Waals surface area contributed by atoms with Gasteiger partial charge in [-0.25, -0.2) is 9.36 Å². The molecule has 0 amide bonds. The summed E-state index contributed by atoms with van der Waals surface area (Å²) in [6, 6.07) is 14.0. The molecule has 126 valence electrons. The predicted octanol–water partition coefficient (Wildman–Crippen LogP) is 1.89. The van der Waals surface area contributed by atoms with Gasteiger partial charge in [0.1, 0.15) is 11.6 Å². The van der Waals surface area contributed by atoms with Crippen molar-refractivity contribution in [3.05, 3.63) is 69.4 Å². The molecule has 0 aromatic heterocycles. The summed E-state index contributed by atoms with van der Waals surface area (Å²) in [5.41, 5.74) is 6.95. The highest BCUT2D eigenvalue weighted by Crippen LogP contribution is 2.21. The van der Waals surface area contributed by atoms with E-state index in [0.29, 0.717) is 29.1 Å². The number of fused-ring (bicyclic) bond motifs is 3. The number of aromatic nitrogens is 3. The van der Waals surface area contributed by atoms with Crippen molar-refractivity contribution in [2.75, 3.05) is 12.3 Å². The zero-order valence-electron chi connectivity index (χ0n) is 13.5. The largest absolute Gasteiger partial charge is 0.494 e. The number of nitrogen functional groups attached to an aromatic ring is 1. The molecule has 2 aliphatic heterocycles. The second-order valence-corrected chi connectivity index (χ2v) is 5.59. The molecule has 4 rings (SSSR count). The number of aromatic amines is 1. The van der Waals surface area contributed by atoms with Crippen LogP contribution in [0.1, 0.15) is 6.92 Å². The first-order valence-corrected chi connectivity index (χ1v) is 7.89. The molecule has 7 nitrogen and oxygen atoms in total. The third-order valence-electron chi connectivity index (χ3n) is 4.09. The Kier molecular flexibility index (Phi) is 3.35. The lowest BCUT2D eigenvalue weighted by Gasteiger charge is -2.09. The first-order chi connectivity index (χ1) is 12.1. The van der Waals surface area contributed by atoms with E-state index in [1.54, 1.807) is 42.5 Å². The Morgan fingerprint density at radius 3 is 2.48 bits per heavy atom. The van der Waals surface area contributed by atoms with Crippen molar-refractivity contribution in [2.45, 2.75) is 6.92 Å². The topological polar surface area (TPSA) is 95.0 Å². The van der Waals surface area contributed by atoms with Gasteiger partial charge in [0.05, 0.1) is 23.3 Å². The van der Waals surface area contributed by atoms with Gasteiger partial charge in [0.2, 0.25) is 0 Å². The summed E-state index contributed by atoms with van der Waals surface area (Å²) in [7, 11) is 0. The quantitative estimate of drug-likeness (QED) is 0.597. The highest BCUT2D eigenvalue weighted by Gasteiger charge is 2.23. The molecule has 3 N–H and O–H groups in total. The monoisotopic (exact) mass is 336 g/mol. The van der Waals surface area contributed by atoms with Crippen LogP contribution < -0.4 is 21.7 Å². The molecule has 0 fully saturated rings. The Hall–Kier alpha value is -3.48. The number of nitrogens with two attached hydrogens (primary N) is 1. The van der Waals surface area contributed by atoms with Crippen molar-refractivity contribution in [2.24, 2.45) is 0 Å². The molecule has 0 bridgehead atoms. The van der Waals surface area contributed by atoms with E-state index in [-0.39, 0.29) is 11.5 Å². The first kappa shape index (κ1) is 15.1. The van der Waals surface area contributed by atoms with Crippen LogP contribution in [-0.4, -0.2) is 20.7 Å². The van der Waals surface area contributed by atoms with E-state index < -0.39 is 11.2 Å². The molecule has 0 spiro atoms. The van der Waals surface area contributed by atoms with Crippen LogP contribution in [0.2, 0.25) is 0 Å². The minimum Gasteiger partial charge on any atom is -0.494 e. The number of benzene rings is 2. The van der Waals surface area contributed by atoms with Gasteiger partial charge in [-0.2, -0.15) is 0 Å². The predicted molar refractivity (Wildman–Crippen MR) is 96.3 cm³/mol. The number of nitrogens with zero attached hydrogens (tertiary/aromatic N) is 2. The van der Waals surface area contributed by atoms with Crippen molar-refractivity contribution in [3.8, 4) is 17.1 Å². The summed E-state index contributed by atoms with van der Waals surface area (Å²) in [5.74, 6) is 0.833. The molecule has 2 aromatic rings. The molecule has 0 unspecified atom stereocenters. The van der Waals surface area contributed by atoms with Crippen LogP contribution >= 0.6 is 0 Å². The van der Waals surface area contributed by atoms with Crippen LogP contribution in [-0.2, 0) is 0 Å². The molecule has 0 saturated heterocycles. The lowest BCUT2D eigenvalue weighted by atomic mass is 10.2. The fourth-order valence-electron chi connectivity index (χ4n) is 3.01. The standard InChI is InChI=1S/C18H16N4O3/c1-2-25-12-9-7-11(8-10-12)21-17(23)15-16(19)20-13-5-3-4-6-14(13)22(15)18(21)24/h3-10,20H,2,19H2,1H3. The van der Waals surface area contributed by atoms with Crippen LogP contribution in [0.5, 0.6) is 5.75 Å². The van der Waals surface area contributed by atoms with E-state index in [9.17, 15) is 9.59 Å². The van der Waals surface area contributed by atoms with Gasteiger partial charge >= 0.3 is 5.69 Å². The number of ether oxygens (including phenoxy) is 1. The Balaban J connectivity index is 2.04. The van der Waals surface area contributed by atoms with E-state index in [0.717, 1.165) is 4.57 Å². The number of anilines is 1. The Bertz CT molecular complexity index is 1150. The highest BCUT2D eigenvalue weighted by atomic mass is 16.5. The van der Waals surface area contributed by atoms with E-state index >= 15 is 0 Å². The molecule has 0 radical (unpaired) electrons. The number of hydrogen-bond donors (Lipinski definition) is 2. The lowest BCUT2D eigenvalue weighted by molar-refractivity contribution is 0.340. The van der Waals surface area contributed by atoms with Crippen LogP contribution in [0.3, 0.4) is 0 Å². The summed E-state index contributed by atoms with van der Waals surface area (Å²) >= 11 is 0. The molecule has 2 aliphatic rings. The van der Waals surface area contributed by atoms with Crippen molar-refractivity contribution < 1.29 is 4.74 Å². The molecule has 0 atom stereocenters. The second kappa shape index (κ2) is 5.55. The van der Waals surface area contributed by atoms with Gasteiger partial charge in [-0.3, -0.25) is 9.36 Å². The average molecular weight is 336 g/mol. The number of para-hydroxylation sites is 2. The minimum absolute atomic E-state index is 0.137. The van der Waals surface area contributed by atoms with Gasteiger partial charge in [-0.05, 0) is 43.3 Å². The fourth-order valence-corrected chi connectivity index (χ4v) is 3.01. The summed E-state index contributed by atoms with van der Waals surface area (Å²) in [6.45, 7) is 2.43. The van der Waals surface area contributed by atoms with Gasteiger partial charge in [0, 0.05) is 0 Å². The molecule has 7 heteroatoms. The summed E-state index contributed by atoms with van der Waals surface area (Å²) in [4.78, 5) is 28.8. The number of rotatable bonds is 3. The Morgan fingerprint density at radius 1 is 1.04 bits per heavy atom. The third-order valence-corrected chi connectivity index (χ3v) is 4.09. The second-order valence-electron chi connectivity index (χ2n) is 5.59. The van der Waals surface area contributed by atoms with Crippen molar-refractivity contribution in [1.82, 2.24) is 14.1 Å². The SMILES string of the molecule is CCOc1ccc(-n2c(=O)c3c(N)[nH]c4ccccc4n-3c2=O)cc1. The van der Waals surface area contributed by atoms with Crippen LogP contribution in [0.15, 0.2) is 58.1 Å². The Morgan fingerprint density at radius 2 is 1.76 bits per heavy atom. The molecule has 2 heterocycles. The van der Waals surface area contributed by atoms with Gasteiger partial charge in [0.15, 0.2) is 5.69 Å². The van der Waals surface area contributed by atoms with Gasteiger partial charge < -0.3 is 15.5 Å². The molecule has 2 aromatic carbocycles. The summed E-state index contributed by atoms with van der Waals surface area (Å²) in [5, 5.41) is 0. The number of imidazole rings is 1. The van der Waals surface area contributed by atoms with Gasteiger partial charge in [-0.1, -0.05) is 12.1 Å². The number of hydrogen-bond acceptors (Lipinski definition) is 4. The van der Waals surface area contributed by atoms with Crippen molar-refractivity contribution in [1.29, 1.82) is 0 Å². The van der Waals surface area contributed by atoms with Crippen molar-refractivity contribution >= 4 is 16.9 Å². The molecule has 0 aliphatic carbocycles. The maximum Gasteiger partial charge on any atom is 0.341 e.